The van der Waals surface area contributed by atoms with E-state index in [1.54, 1.807) is 12.1 Å². The van der Waals surface area contributed by atoms with Crippen molar-refractivity contribution in [3.05, 3.63) is 70.3 Å². The van der Waals surface area contributed by atoms with Crippen LogP contribution in [0, 0.1) is 5.41 Å². The second kappa shape index (κ2) is 6.87. The second-order valence-corrected chi connectivity index (χ2v) is 7.87. The second-order valence-electron chi connectivity index (χ2n) is 7.87. The summed E-state index contributed by atoms with van der Waals surface area (Å²) >= 11 is 0. The van der Waals surface area contributed by atoms with E-state index in [2.05, 4.69) is 39.0 Å². The van der Waals surface area contributed by atoms with Crippen molar-refractivity contribution in [1.82, 2.24) is 0 Å². The van der Waals surface area contributed by atoms with Crippen LogP contribution in [0.25, 0.3) is 11.6 Å². The Morgan fingerprint density at radius 2 is 1.72 bits per heavy atom. The van der Waals surface area contributed by atoms with Crippen LogP contribution in [-0.2, 0) is 12.8 Å². The van der Waals surface area contributed by atoms with Crippen LogP contribution in [0.1, 0.15) is 66.2 Å². The topological polar surface area (TPSA) is 37.3 Å². The number of carbonyl (C=O) groups is 1. The number of hydrogen-bond acceptors (Lipinski definition) is 1. The highest BCUT2D eigenvalue weighted by Crippen LogP contribution is 2.34. The molecule has 0 saturated carbocycles. The average molecular weight is 334 g/mol. The smallest absolute Gasteiger partial charge is 0.336 e. The van der Waals surface area contributed by atoms with Gasteiger partial charge < -0.3 is 5.11 Å². The number of carboxylic acid groups (broad SMARTS) is 1. The Hall–Kier alpha value is -2.35. The van der Waals surface area contributed by atoms with Gasteiger partial charge in [-0.3, -0.25) is 0 Å². The third-order valence-electron chi connectivity index (χ3n) is 5.37. The minimum absolute atomic E-state index is 0.346. The number of benzene rings is 2. The van der Waals surface area contributed by atoms with Crippen LogP contribution in [0.2, 0.25) is 0 Å². The first-order chi connectivity index (χ1) is 11.9. The first kappa shape index (κ1) is 17.5. The number of hydrogen-bond donors (Lipinski definition) is 1. The van der Waals surface area contributed by atoms with Crippen molar-refractivity contribution in [3.63, 3.8) is 0 Å². The van der Waals surface area contributed by atoms with E-state index >= 15 is 0 Å². The molecule has 0 bridgehead atoms. The summed E-state index contributed by atoms with van der Waals surface area (Å²) in [7, 11) is 0. The zero-order chi connectivity index (χ0) is 18.0. The first-order valence-electron chi connectivity index (χ1n) is 8.98. The van der Waals surface area contributed by atoms with Crippen LogP contribution in [0.15, 0.2) is 42.5 Å². The predicted molar refractivity (Wildman–Crippen MR) is 104 cm³/mol. The fourth-order valence-electron chi connectivity index (χ4n) is 3.55. The number of carboxylic acids is 1. The molecule has 0 atom stereocenters. The molecular formula is C23H26O2. The summed E-state index contributed by atoms with van der Waals surface area (Å²) in [6.07, 6.45) is 6.70. The first-order valence-corrected chi connectivity index (χ1v) is 8.98. The van der Waals surface area contributed by atoms with Crippen LogP contribution in [0.4, 0.5) is 0 Å². The molecule has 2 heteroatoms. The lowest BCUT2D eigenvalue weighted by Crippen LogP contribution is -2.10. The Morgan fingerprint density at radius 3 is 2.44 bits per heavy atom. The van der Waals surface area contributed by atoms with Crippen LogP contribution in [0.3, 0.4) is 0 Å². The molecule has 2 nitrogen and oxygen atoms in total. The maximum atomic E-state index is 11.4. The monoisotopic (exact) mass is 334 g/mol. The standard InChI is InChI=1S/C23H26O2/c1-16(14-20-6-4-5-7-21(20)22(24)25)18-9-8-17-10-12-23(2,3)13-11-19(17)15-18/h4-9,14-15H,10-13H2,1-3H3,(H,24,25)/b16-14+. The normalized spacial score (nSPS) is 16.8. The molecular weight excluding hydrogens is 308 g/mol. The molecule has 0 aromatic heterocycles. The van der Waals surface area contributed by atoms with Gasteiger partial charge in [0, 0.05) is 0 Å². The molecule has 3 rings (SSSR count). The summed E-state index contributed by atoms with van der Waals surface area (Å²) < 4.78 is 0. The Balaban J connectivity index is 1.93. The van der Waals surface area contributed by atoms with Gasteiger partial charge in [-0.2, -0.15) is 0 Å². The molecule has 130 valence electrons. The van der Waals surface area contributed by atoms with Gasteiger partial charge in [0.05, 0.1) is 5.56 Å². The SMILES string of the molecule is C/C(=C\c1ccccc1C(=O)O)c1ccc2c(c1)CCC(C)(C)CC2. The van der Waals surface area contributed by atoms with Gasteiger partial charge in [-0.05, 0) is 71.9 Å². The highest BCUT2D eigenvalue weighted by Gasteiger charge is 2.22. The van der Waals surface area contributed by atoms with Crippen molar-refractivity contribution >= 4 is 17.6 Å². The highest BCUT2D eigenvalue weighted by atomic mass is 16.4. The van der Waals surface area contributed by atoms with Gasteiger partial charge in [0.2, 0.25) is 0 Å². The average Bonchev–Trinajstić information content (AvgIpc) is 2.73. The third kappa shape index (κ3) is 4.01. The van der Waals surface area contributed by atoms with Crippen LogP contribution in [0.5, 0.6) is 0 Å². The lowest BCUT2D eigenvalue weighted by molar-refractivity contribution is 0.0696. The van der Waals surface area contributed by atoms with Crippen molar-refractivity contribution in [1.29, 1.82) is 0 Å². The molecule has 0 aliphatic heterocycles. The van der Waals surface area contributed by atoms with Gasteiger partial charge in [-0.1, -0.05) is 56.3 Å². The van der Waals surface area contributed by atoms with E-state index in [0.29, 0.717) is 11.0 Å². The van der Waals surface area contributed by atoms with Crippen LogP contribution < -0.4 is 0 Å². The molecule has 0 radical (unpaired) electrons. The molecule has 25 heavy (non-hydrogen) atoms. The van der Waals surface area contributed by atoms with Gasteiger partial charge in [0.25, 0.3) is 0 Å². The summed E-state index contributed by atoms with van der Waals surface area (Å²) in [6, 6.07) is 13.9. The minimum Gasteiger partial charge on any atom is -0.478 e. The molecule has 0 fully saturated rings. The van der Waals surface area contributed by atoms with Crippen molar-refractivity contribution in [2.45, 2.75) is 46.5 Å². The number of fused-ring (bicyclic) bond motifs is 1. The minimum atomic E-state index is -0.885. The molecule has 0 spiro atoms. The molecule has 2 aromatic carbocycles. The Kier molecular flexibility index (Phi) is 4.80. The molecule has 0 heterocycles. The fraction of sp³-hybridized carbons (Fsp3) is 0.348. The molecule has 0 saturated heterocycles. The summed E-state index contributed by atoms with van der Waals surface area (Å²) in [5, 5.41) is 9.36. The third-order valence-corrected chi connectivity index (χ3v) is 5.37. The number of aromatic carboxylic acids is 1. The fourth-order valence-corrected chi connectivity index (χ4v) is 3.55. The molecule has 1 aliphatic rings. The molecule has 0 unspecified atom stereocenters. The summed E-state index contributed by atoms with van der Waals surface area (Å²) in [5.74, 6) is -0.885. The number of allylic oxidation sites excluding steroid dienone is 1. The zero-order valence-electron chi connectivity index (χ0n) is 15.3. The largest absolute Gasteiger partial charge is 0.478 e. The van der Waals surface area contributed by atoms with Crippen molar-refractivity contribution in [2.24, 2.45) is 5.41 Å². The van der Waals surface area contributed by atoms with Gasteiger partial charge >= 0.3 is 5.97 Å². The summed E-state index contributed by atoms with van der Waals surface area (Å²) in [4.78, 5) is 11.4. The summed E-state index contributed by atoms with van der Waals surface area (Å²) in [6.45, 7) is 6.77. The van der Waals surface area contributed by atoms with Crippen molar-refractivity contribution < 1.29 is 9.90 Å². The van der Waals surface area contributed by atoms with Crippen molar-refractivity contribution in [3.8, 4) is 0 Å². The Morgan fingerprint density at radius 1 is 1.04 bits per heavy atom. The Labute approximate surface area is 150 Å². The Bertz CT molecular complexity index is 828. The van der Waals surface area contributed by atoms with E-state index in [9.17, 15) is 9.90 Å². The number of aryl methyl sites for hydroxylation is 2. The van der Waals surface area contributed by atoms with E-state index in [1.165, 1.54) is 29.5 Å². The molecule has 0 amide bonds. The predicted octanol–water partition coefficient (Wildman–Crippen LogP) is 5.85. The van der Waals surface area contributed by atoms with Gasteiger partial charge in [-0.25, -0.2) is 4.79 Å². The van der Waals surface area contributed by atoms with E-state index in [0.717, 1.165) is 24.0 Å². The molecule has 1 N–H and O–H groups in total. The van der Waals surface area contributed by atoms with E-state index in [-0.39, 0.29) is 0 Å². The lowest BCUT2D eigenvalue weighted by Gasteiger charge is -2.21. The van der Waals surface area contributed by atoms with Crippen LogP contribution in [-0.4, -0.2) is 11.1 Å². The number of rotatable bonds is 3. The van der Waals surface area contributed by atoms with Gasteiger partial charge in [-0.15, -0.1) is 0 Å². The van der Waals surface area contributed by atoms with Crippen LogP contribution >= 0.6 is 0 Å². The quantitative estimate of drug-likeness (QED) is 0.564. The zero-order valence-corrected chi connectivity index (χ0v) is 15.3. The summed E-state index contributed by atoms with van der Waals surface area (Å²) in [5.41, 5.74) is 6.70. The highest BCUT2D eigenvalue weighted by molar-refractivity contribution is 5.95. The van der Waals surface area contributed by atoms with E-state index in [1.807, 2.05) is 18.2 Å². The van der Waals surface area contributed by atoms with Gasteiger partial charge in [0.15, 0.2) is 0 Å². The van der Waals surface area contributed by atoms with Crippen molar-refractivity contribution in [2.75, 3.05) is 0 Å². The molecule has 2 aromatic rings. The van der Waals surface area contributed by atoms with Gasteiger partial charge in [0.1, 0.15) is 0 Å². The maximum Gasteiger partial charge on any atom is 0.336 e. The van der Waals surface area contributed by atoms with E-state index < -0.39 is 5.97 Å². The lowest BCUT2D eigenvalue weighted by atomic mass is 9.85. The van der Waals surface area contributed by atoms with E-state index in [4.69, 9.17) is 0 Å². The molecule has 1 aliphatic carbocycles. The maximum absolute atomic E-state index is 11.4.